The molecule has 43 heavy (non-hydrogen) atoms. The Morgan fingerprint density at radius 2 is 1.88 bits per heavy atom. The van der Waals surface area contributed by atoms with E-state index in [0.29, 0.717) is 38.1 Å². The molecule has 0 spiro atoms. The van der Waals surface area contributed by atoms with Crippen LogP contribution in [0.15, 0.2) is 30.5 Å². The number of nitrogens with one attached hydrogen (secondary N) is 1. The molecule has 2 fully saturated rings. The number of rotatable bonds is 10. The Hall–Kier alpha value is -3.63. The van der Waals surface area contributed by atoms with Gasteiger partial charge in [0.05, 0.1) is 23.0 Å². The largest absolute Gasteiger partial charge is 0.419 e. The second kappa shape index (κ2) is 13.3. The van der Waals surface area contributed by atoms with E-state index in [1.165, 1.54) is 60.7 Å². The molecule has 13 heteroatoms. The third-order valence-corrected chi connectivity index (χ3v) is 8.87. The summed E-state index contributed by atoms with van der Waals surface area (Å²) in [5.41, 5.74) is -3.22. The lowest BCUT2D eigenvalue weighted by Gasteiger charge is -2.48. The van der Waals surface area contributed by atoms with Crippen molar-refractivity contribution in [3.8, 4) is 6.07 Å². The maximum atomic E-state index is 15.4. The molecule has 1 heterocycles. The molecule has 8 nitrogen and oxygen atoms in total. The molecule has 1 N–H and O–H groups in total. The maximum absolute atomic E-state index is 15.4. The molecular formula is C30H34F4N6O2S. The molecular weight excluding hydrogens is 584 g/mol. The van der Waals surface area contributed by atoms with Gasteiger partial charge in [0.15, 0.2) is 10.8 Å². The molecule has 0 atom stereocenters. The van der Waals surface area contributed by atoms with Gasteiger partial charge in [-0.25, -0.2) is 9.37 Å². The fourth-order valence-corrected chi connectivity index (χ4v) is 6.07. The summed E-state index contributed by atoms with van der Waals surface area (Å²) in [4.78, 5) is 33.7. The first-order chi connectivity index (χ1) is 20.4. The van der Waals surface area contributed by atoms with Gasteiger partial charge in [0.1, 0.15) is 23.7 Å². The van der Waals surface area contributed by atoms with Crippen LogP contribution in [0.3, 0.4) is 0 Å². The Balaban J connectivity index is 1.53. The van der Waals surface area contributed by atoms with E-state index < -0.39 is 34.7 Å². The van der Waals surface area contributed by atoms with E-state index in [1.54, 1.807) is 0 Å². The lowest BCUT2D eigenvalue weighted by molar-refractivity contribution is -0.138. The van der Waals surface area contributed by atoms with E-state index >= 15 is 4.39 Å². The van der Waals surface area contributed by atoms with E-state index in [-0.39, 0.29) is 22.1 Å². The predicted molar refractivity (Wildman–Crippen MR) is 158 cm³/mol. The molecule has 1 amide bonds. The standard InChI is InChI=1S/C30H34F4N6O2S/c1-38(20-7-3-4-8-20)14-6-13-36-27(42)23-10-9-21(16-25(23)31)40(29(19-41)11-5-12-29)28(43)39(2)22-15-24(30(32,33)34)26(17-35)37-18-22/h9-10,15-16,18-20H,3-8,11-14H2,1-2H3,(H,36,42). The topological polar surface area (TPSA) is 92.6 Å². The minimum absolute atomic E-state index is 0.0725. The van der Waals surface area contributed by atoms with E-state index in [0.717, 1.165) is 31.3 Å². The number of nitriles is 1. The summed E-state index contributed by atoms with van der Waals surface area (Å²) in [6.45, 7) is 1.20. The summed E-state index contributed by atoms with van der Waals surface area (Å²) >= 11 is 5.65. The molecule has 2 aliphatic rings. The number of thiocarbonyl (C=S) groups is 1. The van der Waals surface area contributed by atoms with Crippen LogP contribution in [0, 0.1) is 17.1 Å². The van der Waals surface area contributed by atoms with Crippen LogP contribution in [-0.2, 0) is 11.0 Å². The molecule has 0 unspecified atom stereocenters. The second-order valence-electron chi connectivity index (χ2n) is 11.1. The highest BCUT2D eigenvalue weighted by atomic mass is 32.1. The molecule has 2 aliphatic carbocycles. The van der Waals surface area contributed by atoms with Gasteiger partial charge in [-0.3, -0.25) is 4.79 Å². The first-order valence-electron chi connectivity index (χ1n) is 14.2. The predicted octanol–water partition coefficient (Wildman–Crippen LogP) is 5.45. The van der Waals surface area contributed by atoms with Gasteiger partial charge in [-0.05, 0) is 88.6 Å². The average molecular weight is 619 g/mol. The van der Waals surface area contributed by atoms with E-state index in [4.69, 9.17) is 17.5 Å². The first kappa shape index (κ1) is 32.3. The lowest BCUT2D eigenvalue weighted by Crippen LogP contribution is -2.60. The van der Waals surface area contributed by atoms with Gasteiger partial charge < -0.3 is 24.8 Å². The fourth-order valence-electron chi connectivity index (χ4n) is 5.67. The molecule has 0 saturated heterocycles. The summed E-state index contributed by atoms with van der Waals surface area (Å²) < 4.78 is 56.1. The minimum Gasteiger partial charge on any atom is -0.352 e. The van der Waals surface area contributed by atoms with Crippen molar-refractivity contribution >= 4 is 40.9 Å². The number of aromatic nitrogens is 1. The first-order valence-corrected chi connectivity index (χ1v) is 14.6. The smallest absolute Gasteiger partial charge is 0.352 e. The van der Waals surface area contributed by atoms with Crippen molar-refractivity contribution in [2.75, 3.05) is 37.0 Å². The summed E-state index contributed by atoms with van der Waals surface area (Å²) in [6, 6.07) is 6.63. The highest BCUT2D eigenvalue weighted by Gasteiger charge is 2.46. The summed E-state index contributed by atoms with van der Waals surface area (Å²) in [7, 11) is 3.48. The summed E-state index contributed by atoms with van der Waals surface area (Å²) in [5, 5.41) is 11.8. The molecule has 0 radical (unpaired) electrons. The number of halogens is 4. The van der Waals surface area contributed by atoms with E-state index in [2.05, 4.69) is 22.2 Å². The third-order valence-electron chi connectivity index (χ3n) is 8.41. The van der Waals surface area contributed by atoms with Crippen molar-refractivity contribution in [1.82, 2.24) is 15.2 Å². The van der Waals surface area contributed by atoms with Crippen LogP contribution in [0.25, 0.3) is 0 Å². The van der Waals surface area contributed by atoms with Crippen LogP contribution in [0.5, 0.6) is 0 Å². The number of nitrogens with zero attached hydrogens (tertiary/aromatic N) is 5. The number of carbonyl (C=O) groups is 2. The summed E-state index contributed by atoms with van der Waals surface area (Å²) in [5.74, 6) is -1.40. The number of benzene rings is 1. The van der Waals surface area contributed by atoms with Crippen molar-refractivity contribution in [2.45, 2.75) is 69.1 Å². The van der Waals surface area contributed by atoms with Gasteiger partial charge in [0.25, 0.3) is 5.91 Å². The second-order valence-corrected chi connectivity index (χ2v) is 11.5. The molecule has 2 aromatic rings. The molecule has 0 bridgehead atoms. The SMILES string of the molecule is CN(C(=S)N(c1ccc(C(=O)NCCCN(C)C2CCCC2)c(F)c1)C1(C=O)CCC1)c1cnc(C#N)c(C(F)(F)F)c1. The Morgan fingerprint density at radius 1 is 1.19 bits per heavy atom. The third kappa shape index (κ3) is 6.96. The zero-order valence-electron chi connectivity index (χ0n) is 24.1. The normalized spacial score (nSPS) is 16.3. The van der Waals surface area contributed by atoms with E-state index in [1.807, 2.05) is 0 Å². The molecule has 1 aromatic carbocycles. The number of aldehydes is 1. The van der Waals surface area contributed by atoms with Crippen molar-refractivity contribution in [3.63, 3.8) is 0 Å². The zero-order valence-corrected chi connectivity index (χ0v) is 24.9. The maximum Gasteiger partial charge on any atom is 0.419 e. The van der Waals surface area contributed by atoms with Crippen molar-refractivity contribution in [2.24, 2.45) is 0 Å². The Kier molecular flexibility index (Phi) is 10.0. The molecule has 1 aromatic heterocycles. The lowest BCUT2D eigenvalue weighted by atomic mass is 9.76. The van der Waals surface area contributed by atoms with Gasteiger partial charge in [0.2, 0.25) is 0 Å². The van der Waals surface area contributed by atoms with E-state index in [9.17, 15) is 22.8 Å². The number of hydrogen-bond acceptors (Lipinski definition) is 6. The Morgan fingerprint density at radius 3 is 2.44 bits per heavy atom. The number of pyridine rings is 1. The van der Waals surface area contributed by atoms with Gasteiger partial charge in [0, 0.05) is 25.3 Å². The average Bonchev–Trinajstić information content (AvgIpc) is 3.51. The van der Waals surface area contributed by atoms with Crippen LogP contribution in [-0.4, -0.2) is 66.0 Å². The Labute approximate surface area is 253 Å². The molecule has 230 valence electrons. The minimum atomic E-state index is -4.83. The number of alkyl halides is 3. The molecule has 2 saturated carbocycles. The number of anilines is 2. The van der Waals surface area contributed by atoms with Gasteiger partial charge >= 0.3 is 6.18 Å². The van der Waals surface area contributed by atoms with Crippen molar-refractivity contribution < 1.29 is 27.2 Å². The van der Waals surface area contributed by atoms with Crippen LogP contribution < -0.4 is 15.1 Å². The van der Waals surface area contributed by atoms with Crippen LogP contribution >= 0.6 is 12.2 Å². The van der Waals surface area contributed by atoms with Crippen LogP contribution in [0.2, 0.25) is 0 Å². The summed E-state index contributed by atoms with van der Waals surface area (Å²) in [6.07, 6.45) is 3.97. The van der Waals surface area contributed by atoms with Gasteiger partial charge in [-0.15, -0.1) is 0 Å². The molecule has 0 aliphatic heterocycles. The number of amides is 1. The van der Waals surface area contributed by atoms with Gasteiger partial charge in [-0.1, -0.05) is 12.8 Å². The van der Waals surface area contributed by atoms with Crippen molar-refractivity contribution in [3.05, 3.63) is 53.1 Å². The number of carbonyl (C=O) groups excluding carboxylic acids is 2. The zero-order chi connectivity index (χ0) is 31.4. The van der Waals surface area contributed by atoms with Gasteiger partial charge in [-0.2, -0.15) is 18.4 Å². The monoisotopic (exact) mass is 618 g/mol. The van der Waals surface area contributed by atoms with Crippen LogP contribution in [0.1, 0.15) is 73.0 Å². The fraction of sp³-hybridized carbons (Fsp3) is 0.500. The number of hydrogen-bond donors (Lipinski definition) is 1. The van der Waals surface area contributed by atoms with Crippen LogP contribution in [0.4, 0.5) is 28.9 Å². The highest BCUT2D eigenvalue weighted by molar-refractivity contribution is 7.80. The quantitative estimate of drug-likeness (QED) is 0.163. The highest BCUT2D eigenvalue weighted by Crippen LogP contribution is 2.41. The van der Waals surface area contributed by atoms with Crippen molar-refractivity contribution in [1.29, 1.82) is 5.26 Å². The Bertz CT molecular complexity index is 1400. The molecule has 4 rings (SSSR count).